The van der Waals surface area contributed by atoms with E-state index in [-0.39, 0.29) is 5.56 Å². The van der Waals surface area contributed by atoms with E-state index < -0.39 is 0 Å². The molecule has 6 rings (SSSR count). The van der Waals surface area contributed by atoms with Gasteiger partial charge in [-0.3, -0.25) is 14.7 Å². The molecule has 0 radical (unpaired) electrons. The van der Waals surface area contributed by atoms with Crippen molar-refractivity contribution in [2.24, 2.45) is 5.92 Å². The lowest BCUT2D eigenvalue weighted by Crippen LogP contribution is -2.47. The highest BCUT2D eigenvalue weighted by Gasteiger charge is 2.36. The first-order valence-electron chi connectivity index (χ1n) is 11.5. The van der Waals surface area contributed by atoms with Crippen molar-refractivity contribution in [3.8, 4) is 22.4 Å². The maximum Gasteiger partial charge on any atom is 0.250 e. The van der Waals surface area contributed by atoms with E-state index in [0.717, 1.165) is 60.7 Å². The van der Waals surface area contributed by atoms with Gasteiger partial charge >= 0.3 is 0 Å². The lowest BCUT2D eigenvalue weighted by molar-refractivity contribution is 0.115. The summed E-state index contributed by atoms with van der Waals surface area (Å²) in [7, 11) is 0. The molecule has 0 unspecified atom stereocenters. The van der Waals surface area contributed by atoms with Gasteiger partial charge in [0.15, 0.2) is 0 Å². The highest BCUT2D eigenvalue weighted by molar-refractivity contribution is 5.65. The molecule has 2 aliphatic heterocycles. The summed E-state index contributed by atoms with van der Waals surface area (Å²) in [6.45, 7) is 3.66. The van der Waals surface area contributed by atoms with Crippen LogP contribution in [0.4, 0.5) is 0 Å². The van der Waals surface area contributed by atoms with Crippen LogP contribution in [-0.4, -0.2) is 37.5 Å². The minimum absolute atomic E-state index is 0.0962. The third-order valence-electron chi connectivity index (χ3n) is 6.86. The van der Waals surface area contributed by atoms with E-state index in [1.165, 1.54) is 5.56 Å². The maximum atomic E-state index is 12.7. The van der Waals surface area contributed by atoms with Crippen LogP contribution in [-0.2, 0) is 13.1 Å². The number of fused-ring (bicyclic) bond motifs is 4. The molecule has 0 aliphatic carbocycles. The number of likely N-dealkylation sites (tertiary alicyclic amines) is 1. The molecular formula is C27H25N5O. The number of benzene rings is 1. The Hall–Kier alpha value is -3.64. The van der Waals surface area contributed by atoms with Crippen LogP contribution >= 0.6 is 0 Å². The third kappa shape index (κ3) is 3.87. The highest BCUT2D eigenvalue weighted by atomic mass is 16.1. The Kier molecular flexibility index (Phi) is 5.07. The van der Waals surface area contributed by atoms with Gasteiger partial charge in [-0.1, -0.05) is 30.3 Å². The summed E-state index contributed by atoms with van der Waals surface area (Å²) in [4.78, 5) is 28.1. The van der Waals surface area contributed by atoms with Crippen molar-refractivity contribution < 1.29 is 0 Å². The lowest BCUT2D eigenvalue weighted by Gasteiger charge is -2.43. The smallest absolute Gasteiger partial charge is 0.250 e. The summed E-state index contributed by atoms with van der Waals surface area (Å²) in [5.74, 6) is 0.818. The summed E-state index contributed by atoms with van der Waals surface area (Å²) in [5, 5.41) is 0. The van der Waals surface area contributed by atoms with E-state index in [1.807, 2.05) is 47.4 Å². The van der Waals surface area contributed by atoms with Crippen LogP contribution in [0.15, 0.2) is 84.3 Å². The number of hydrogen-bond acceptors (Lipinski definition) is 5. The number of nitrogens with zero attached hydrogens (tertiary/aromatic N) is 5. The molecule has 2 atom stereocenters. The van der Waals surface area contributed by atoms with Crippen LogP contribution in [0.3, 0.4) is 0 Å². The van der Waals surface area contributed by atoms with Crippen LogP contribution in [0.1, 0.15) is 23.6 Å². The van der Waals surface area contributed by atoms with Gasteiger partial charge in [0.2, 0.25) is 0 Å². The molecule has 6 nitrogen and oxygen atoms in total. The molecule has 1 saturated heterocycles. The zero-order valence-electron chi connectivity index (χ0n) is 18.3. The Morgan fingerprint density at radius 3 is 2.52 bits per heavy atom. The molecule has 3 aromatic heterocycles. The van der Waals surface area contributed by atoms with E-state index >= 15 is 0 Å². The van der Waals surface area contributed by atoms with Gasteiger partial charge in [-0.25, -0.2) is 9.97 Å². The van der Waals surface area contributed by atoms with Gasteiger partial charge in [-0.15, -0.1) is 0 Å². The predicted octanol–water partition coefficient (Wildman–Crippen LogP) is 3.99. The second-order valence-corrected chi connectivity index (χ2v) is 9.11. The normalized spacial score (nSPS) is 19.8. The van der Waals surface area contributed by atoms with Crippen LogP contribution in [0.2, 0.25) is 0 Å². The molecule has 1 aromatic carbocycles. The van der Waals surface area contributed by atoms with Gasteiger partial charge in [0.1, 0.15) is 6.33 Å². The van der Waals surface area contributed by atoms with Gasteiger partial charge < -0.3 is 4.57 Å². The number of aromatic nitrogens is 4. The Morgan fingerprint density at radius 2 is 1.73 bits per heavy atom. The zero-order chi connectivity index (χ0) is 22.2. The van der Waals surface area contributed by atoms with Gasteiger partial charge in [0.05, 0.1) is 5.69 Å². The van der Waals surface area contributed by atoms with E-state index in [4.69, 9.17) is 0 Å². The van der Waals surface area contributed by atoms with Crippen molar-refractivity contribution in [2.45, 2.75) is 25.4 Å². The molecular weight excluding hydrogens is 410 g/mol. The number of piperidine rings is 1. The Bertz CT molecular complexity index is 1320. The molecule has 0 saturated carbocycles. The van der Waals surface area contributed by atoms with Crippen molar-refractivity contribution in [3.05, 3.63) is 101 Å². The minimum atomic E-state index is 0.0962. The molecule has 1 fully saturated rings. The Labute approximate surface area is 192 Å². The van der Waals surface area contributed by atoms with Crippen molar-refractivity contribution in [1.82, 2.24) is 24.4 Å². The molecule has 2 bridgehead atoms. The summed E-state index contributed by atoms with van der Waals surface area (Å²) >= 11 is 0. The summed E-state index contributed by atoms with van der Waals surface area (Å²) < 4.78 is 2.00. The number of rotatable bonds is 4. The first kappa shape index (κ1) is 20.0. The minimum Gasteiger partial charge on any atom is -0.311 e. The first-order valence-corrected chi connectivity index (χ1v) is 11.5. The monoisotopic (exact) mass is 435 g/mol. The quantitative estimate of drug-likeness (QED) is 0.485. The average Bonchev–Trinajstić information content (AvgIpc) is 2.86. The second-order valence-electron chi connectivity index (χ2n) is 9.11. The predicted molar refractivity (Wildman–Crippen MR) is 128 cm³/mol. The van der Waals surface area contributed by atoms with Crippen LogP contribution < -0.4 is 5.56 Å². The zero-order valence-corrected chi connectivity index (χ0v) is 18.3. The fraction of sp³-hybridized carbons (Fsp3) is 0.259. The molecule has 33 heavy (non-hydrogen) atoms. The fourth-order valence-electron chi connectivity index (χ4n) is 5.50. The molecule has 4 aromatic rings. The molecule has 5 heterocycles. The second kappa shape index (κ2) is 8.37. The Morgan fingerprint density at radius 1 is 0.879 bits per heavy atom. The van der Waals surface area contributed by atoms with Crippen LogP contribution in [0, 0.1) is 5.92 Å². The Balaban J connectivity index is 1.26. The summed E-state index contributed by atoms with van der Waals surface area (Å²) in [6, 6.07) is 18.4. The van der Waals surface area contributed by atoms with Crippen LogP contribution in [0.5, 0.6) is 0 Å². The summed E-state index contributed by atoms with van der Waals surface area (Å²) in [6.07, 6.45) is 8.17. The number of pyridine rings is 2. The van der Waals surface area contributed by atoms with Gasteiger partial charge in [-0.2, -0.15) is 0 Å². The van der Waals surface area contributed by atoms with Gasteiger partial charge in [-0.05, 0) is 36.1 Å². The van der Waals surface area contributed by atoms with Crippen molar-refractivity contribution in [2.75, 3.05) is 13.1 Å². The molecule has 0 N–H and O–H groups in total. The molecule has 0 amide bonds. The fourth-order valence-corrected chi connectivity index (χ4v) is 5.50. The van der Waals surface area contributed by atoms with Gasteiger partial charge in [0, 0.05) is 79.1 Å². The molecule has 0 spiro atoms. The SMILES string of the molecule is O=c1ccc(-c2cncnc2)c2n1C[C@H]1C[C@@H]2CN(Cc2ccc(-c3ccccn3)cc2)C1. The van der Waals surface area contributed by atoms with E-state index in [0.29, 0.717) is 11.8 Å². The molecule has 164 valence electrons. The average molecular weight is 436 g/mol. The summed E-state index contributed by atoms with van der Waals surface area (Å²) in [5.41, 5.74) is 6.73. The maximum absolute atomic E-state index is 12.7. The molecule has 6 heteroatoms. The van der Waals surface area contributed by atoms with E-state index in [1.54, 1.807) is 12.4 Å². The first-order chi connectivity index (χ1) is 16.2. The molecule has 2 aliphatic rings. The van der Waals surface area contributed by atoms with E-state index in [9.17, 15) is 4.79 Å². The highest BCUT2D eigenvalue weighted by Crippen LogP contribution is 2.40. The van der Waals surface area contributed by atoms with E-state index in [2.05, 4.69) is 44.1 Å². The van der Waals surface area contributed by atoms with Crippen molar-refractivity contribution >= 4 is 0 Å². The standard InChI is InChI=1S/C27H25N5O/c33-26-9-8-24(23-12-28-18-29-13-23)27-22-11-20(16-32(26)27)15-31(17-22)14-19-4-6-21(7-5-19)25-3-1-2-10-30-25/h1-10,12-13,18,20,22H,11,14-17H2/t20-,22+/m0/s1. The van der Waals surface area contributed by atoms with Crippen LogP contribution in [0.25, 0.3) is 22.4 Å². The van der Waals surface area contributed by atoms with Crippen molar-refractivity contribution in [3.63, 3.8) is 0 Å². The third-order valence-corrected chi connectivity index (χ3v) is 6.86. The number of hydrogen-bond donors (Lipinski definition) is 0. The topological polar surface area (TPSA) is 63.9 Å². The van der Waals surface area contributed by atoms with Crippen molar-refractivity contribution in [1.29, 1.82) is 0 Å². The van der Waals surface area contributed by atoms with Gasteiger partial charge in [0.25, 0.3) is 5.56 Å². The lowest BCUT2D eigenvalue weighted by atomic mass is 9.80. The largest absolute Gasteiger partial charge is 0.311 e.